The van der Waals surface area contributed by atoms with Gasteiger partial charge in [-0.2, -0.15) is 0 Å². The van der Waals surface area contributed by atoms with Crippen molar-refractivity contribution in [2.75, 3.05) is 27.2 Å². The molecule has 4 rings (SSSR count). The summed E-state index contributed by atoms with van der Waals surface area (Å²) in [5, 5.41) is 7.69. The Morgan fingerprint density at radius 1 is 0.867 bits per heavy atom. The van der Waals surface area contributed by atoms with Gasteiger partial charge in [0.2, 0.25) is 0 Å². The van der Waals surface area contributed by atoms with Gasteiger partial charge in [0, 0.05) is 6.54 Å². The molecule has 0 aliphatic carbocycles. The molecule has 0 aliphatic heterocycles. The van der Waals surface area contributed by atoms with E-state index in [1.54, 1.807) is 0 Å². The van der Waals surface area contributed by atoms with E-state index in [1.165, 1.54) is 16.3 Å². The van der Waals surface area contributed by atoms with Crippen LogP contribution in [-0.4, -0.2) is 38.1 Å². The zero-order chi connectivity index (χ0) is 20.9. The molecule has 0 saturated carbocycles. The van der Waals surface area contributed by atoms with Crippen LogP contribution < -0.4 is 10.1 Å². The van der Waals surface area contributed by atoms with Crippen LogP contribution in [0.1, 0.15) is 11.6 Å². The molecule has 1 N–H and O–H groups in total. The summed E-state index contributed by atoms with van der Waals surface area (Å²) in [7, 11) is 4.06. The van der Waals surface area contributed by atoms with Gasteiger partial charge in [0.1, 0.15) is 5.75 Å². The number of hydrogen-bond donors (Lipinski definition) is 1. The molecular formula is C26H26N2O2. The van der Waals surface area contributed by atoms with Crippen LogP contribution in [-0.2, 0) is 4.79 Å². The standard InChI is InChI=1S/C26H26N2O2/c1-28(2)25(24-13-7-11-20-9-5-6-12-23(20)24)17-27-26(29)18-30-22-15-14-19-8-3-4-10-21(19)16-22/h3-16,25H,17-18H2,1-2H3,(H,27,29)/t25-/m1/s1. The van der Waals surface area contributed by atoms with Gasteiger partial charge in [-0.25, -0.2) is 0 Å². The van der Waals surface area contributed by atoms with E-state index in [0.717, 1.165) is 10.8 Å². The van der Waals surface area contributed by atoms with Gasteiger partial charge in [-0.3, -0.25) is 4.79 Å². The van der Waals surface area contributed by atoms with Crippen LogP contribution in [0.4, 0.5) is 0 Å². The Kier molecular flexibility index (Phi) is 5.96. The third kappa shape index (κ3) is 4.44. The third-order valence-electron chi connectivity index (χ3n) is 5.39. The maximum atomic E-state index is 12.4. The molecule has 30 heavy (non-hydrogen) atoms. The first-order valence-electron chi connectivity index (χ1n) is 10.1. The normalized spacial score (nSPS) is 12.2. The molecule has 152 valence electrons. The lowest BCUT2D eigenvalue weighted by atomic mass is 9.98. The first-order chi connectivity index (χ1) is 14.6. The average molecular weight is 399 g/mol. The highest BCUT2D eigenvalue weighted by Crippen LogP contribution is 2.26. The van der Waals surface area contributed by atoms with E-state index in [1.807, 2.05) is 56.6 Å². The molecule has 0 bridgehead atoms. The Labute approximate surface area is 177 Å². The van der Waals surface area contributed by atoms with Crippen LogP contribution >= 0.6 is 0 Å². The summed E-state index contributed by atoms with van der Waals surface area (Å²) in [5.74, 6) is 0.567. The highest BCUT2D eigenvalue weighted by atomic mass is 16.5. The van der Waals surface area contributed by atoms with Gasteiger partial charge in [-0.15, -0.1) is 0 Å². The number of fused-ring (bicyclic) bond motifs is 2. The second-order valence-electron chi connectivity index (χ2n) is 7.65. The fourth-order valence-electron chi connectivity index (χ4n) is 3.78. The zero-order valence-electron chi connectivity index (χ0n) is 17.3. The summed E-state index contributed by atoms with van der Waals surface area (Å²) >= 11 is 0. The molecule has 0 heterocycles. The molecule has 0 aromatic heterocycles. The van der Waals surface area contributed by atoms with E-state index in [4.69, 9.17) is 4.74 Å². The van der Waals surface area contributed by atoms with Crippen LogP contribution in [0.3, 0.4) is 0 Å². The fourth-order valence-corrected chi connectivity index (χ4v) is 3.78. The minimum atomic E-state index is -0.129. The summed E-state index contributed by atoms with van der Waals surface area (Å²) in [5.41, 5.74) is 1.20. The highest BCUT2D eigenvalue weighted by molar-refractivity contribution is 5.86. The Morgan fingerprint density at radius 3 is 2.37 bits per heavy atom. The van der Waals surface area contributed by atoms with Gasteiger partial charge < -0.3 is 15.0 Å². The van der Waals surface area contributed by atoms with Gasteiger partial charge in [-0.05, 0) is 53.3 Å². The molecule has 0 unspecified atom stereocenters. The number of hydrogen-bond acceptors (Lipinski definition) is 3. The van der Waals surface area contributed by atoms with Crippen LogP contribution in [0, 0.1) is 0 Å². The predicted octanol–water partition coefficient (Wildman–Crippen LogP) is 4.79. The molecule has 1 atom stereocenters. The Bertz CT molecular complexity index is 1160. The summed E-state index contributed by atoms with van der Waals surface area (Å²) in [6.45, 7) is 0.509. The average Bonchev–Trinajstić information content (AvgIpc) is 2.77. The van der Waals surface area contributed by atoms with E-state index in [9.17, 15) is 4.79 Å². The number of likely N-dealkylation sites (N-methyl/N-ethyl adjacent to an activating group) is 1. The van der Waals surface area contributed by atoms with E-state index < -0.39 is 0 Å². The smallest absolute Gasteiger partial charge is 0.258 e. The second kappa shape index (κ2) is 8.97. The largest absolute Gasteiger partial charge is 0.484 e. The number of carbonyl (C=O) groups is 1. The number of amides is 1. The Hall–Kier alpha value is -3.37. The van der Waals surface area contributed by atoms with Crippen LogP contribution in [0.15, 0.2) is 84.9 Å². The predicted molar refractivity (Wildman–Crippen MR) is 123 cm³/mol. The minimum Gasteiger partial charge on any atom is -0.484 e. The van der Waals surface area contributed by atoms with Crippen LogP contribution in [0.2, 0.25) is 0 Å². The fraction of sp³-hybridized carbons (Fsp3) is 0.192. The van der Waals surface area contributed by atoms with E-state index in [0.29, 0.717) is 12.3 Å². The van der Waals surface area contributed by atoms with E-state index >= 15 is 0 Å². The van der Waals surface area contributed by atoms with Gasteiger partial charge >= 0.3 is 0 Å². The van der Waals surface area contributed by atoms with Gasteiger partial charge in [0.15, 0.2) is 6.61 Å². The molecule has 4 heteroatoms. The lowest BCUT2D eigenvalue weighted by molar-refractivity contribution is -0.123. The van der Waals surface area contributed by atoms with E-state index in [-0.39, 0.29) is 18.6 Å². The summed E-state index contributed by atoms with van der Waals surface area (Å²) in [6, 6.07) is 28.7. The summed E-state index contributed by atoms with van der Waals surface area (Å²) in [4.78, 5) is 14.6. The molecule has 1 amide bonds. The molecule has 0 spiro atoms. The highest BCUT2D eigenvalue weighted by Gasteiger charge is 2.17. The maximum Gasteiger partial charge on any atom is 0.258 e. The van der Waals surface area contributed by atoms with Crippen molar-refractivity contribution in [2.24, 2.45) is 0 Å². The Morgan fingerprint density at radius 2 is 1.57 bits per heavy atom. The second-order valence-corrected chi connectivity index (χ2v) is 7.65. The molecule has 0 saturated heterocycles. The first kappa shape index (κ1) is 19.9. The zero-order valence-corrected chi connectivity index (χ0v) is 17.3. The lowest BCUT2D eigenvalue weighted by Gasteiger charge is -2.26. The monoisotopic (exact) mass is 398 g/mol. The van der Waals surface area contributed by atoms with Crippen molar-refractivity contribution >= 4 is 27.5 Å². The molecule has 0 fully saturated rings. The molecular weight excluding hydrogens is 372 g/mol. The molecule has 0 radical (unpaired) electrons. The number of benzene rings is 4. The number of nitrogens with zero attached hydrogens (tertiary/aromatic N) is 1. The molecule has 4 nitrogen and oxygen atoms in total. The van der Waals surface area contributed by atoms with Crippen LogP contribution in [0.25, 0.3) is 21.5 Å². The molecule has 0 aliphatic rings. The van der Waals surface area contributed by atoms with Gasteiger partial charge in [0.05, 0.1) is 6.04 Å². The number of nitrogens with one attached hydrogen (secondary N) is 1. The van der Waals surface area contributed by atoms with Gasteiger partial charge in [-0.1, -0.05) is 72.8 Å². The van der Waals surface area contributed by atoms with Crippen LogP contribution in [0.5, 0.6) is 5.75 Å². The Balaban J connectivity index is 1.40. The van der Waals surface area contributed by atoms with Crippen molar-refractivity contribution in [3.63, 3.8) is 0 Å². The molecule has 4 aromatic rings. The quantitative estimate of drug-likeness (QED) is 0.487. The van der Waals surface area contributed by atoms with Crippen molar-refractivity contribution in [1.29, 1.82) is 0 Å². The number of rotatable bonds is 7. The minimum absolute atomic E-state index is 0.00593. The lowest BCUT2D eigenvalue weighted by Crippen LogP contribution is -2.37. The van der Waals surface area contributed by atoms with Gasteiger partial charge in [0.25, 0.3) is 5.91 Å². The first-order valence-corrected chi connectivity index (χ1v) is 10.1. The summed E-state index contributed by atoms with van der Waals surface area (Å²) < 4.78 is 5.72. The van der Waals surface area contributed by atoms with Crippen molar-refractivity contribution in [3.8, 4) is 5.75 Å². The topological polar surface area (TPSA) is 41.6 Å². The van der Waals surface area contributed by atoms with Crippen molar-refractivity contribution in [1.82, 2.24) is 10.2 Å². The SMILES string of the molecule is CN(C)[C@H](CNC(=O)COc1ccc2ccccc2c1)c1cccc2ccccc12. The van der Waals surface area contributed by atoms with Crippen molar-refractivity contribution < 1.29 is 9.53 Å². The van der Waals surface area contributed by atoms with E-state index in [2.05, 4.69) is 52.7 Å². The maximum absolute atomic E-state index is 12.4. The summed E-state index contributed by atoms with van der Waals surface area (Å²) in [6.07, 6.45) is 0. The number of carbonyl (C=O) groups excluding carboxylic acids is 1. The molecule has 4 aromatic carbocycles. The van der Waals surface area contributed by atoms with Crippen molar-refractivity contribution in [3.05, 3.63) is 90.5 Å². The van der Waals surface area contributed by atoms with Crippen molar-refractivity contribution in [2.45, 2.75) is 6.04 Å². The number of ether oxygens (including phenoxy) is 1. The third-order valence-corrected chi connectivity index (χ3v) is 5.39.